The Balaban J connectivity index is 3.25. The topological polar surface area (TPSA) is 55.8 Å². The fourth-order valence-corrected chi connectivity index (χ4v) is 2.36. The van der Waals surface area contributed by atoms with Gasteiger partial charge < -0.3 is 14.6 Å². The summed E-state index contributed by atoms with van der Waals surface area (Å²) >= 11 is 3.46. The van der Waals surface area contributed by atoms with Crippen LogP contribution in [0.5, 0.6) is 11.5 Å². The lowest BCUT2D eigenvalue weighted by molar-refractivity contribution is -0.141. The molecule has 1 unspecified atom stereocenters. The molecule has 1 aromatic carbocycles. The first-order chi connectivity index (χ1) is 8.42. The van der Waals surface area contributed by atoms with E-state index in [1.165, 1.54) is 0 Å². The standard InChI is InChI=1S/C13H17BrO4/c1-7(13(15)16)5-9-6-10(17-3)8(2)11(14)12(9)18-4/h6-7H,5H2,1-4H3,(H,15,16). The summed E-state index contributed by atoms with van der Waals surface area (Å²) < 4.78 is 11.4. The van der Waals surface area contributed by atoms with Gasteiger partial charge in [-0.25, -0.2) is 0 Å². The van der Waals surface area contributed by atoms with Gasteiger partial charge in [-0.3, -0.25) is 4.79 Å². The van der Waals surface area contributed by atoms with Crippen LogP contribution in [0.15, 0.2) is 10.5 Å². The average molecular weight is 317 g/mol. The van der Waals surface area contributed by atoms with Gasteiger partial charge in [0, 0.05) is 5.56 Å². The number of ether oxygens (including phenoxy) is 2. The van der Waals surface area contributed by atoms with Gasteiger partial charge >= 0.3 is 5.97 Å². The summed E-state index contributed by atoms with van der Waals surface area (Å²) in [6.45, 7) is 3.58. The van der Waals surface area contributed by atoms with Gasteiger partial charge in [-0.1, -0.05) is 6.92 Å². The Kier molecular flexibility index (Phi) is 5.02. The van der Waals surface area contributed by atoms with Gasteiger partial charge in [-0.2, -0.15) is 0 Å². The second-order valence-electron chi connectivity index (χ2n) is 4.15. The second kappa shape index (κ2) is 6.09. The first-order valence-electron chi connectivity index (χ1n) is 5.55. The van der Waals surface area contributed by atoms with E-state index in [1.54, 1.807) is 21.1 Å². The Hall–Kier alpha value is -1.23. The Morgan fingerprint density at radius 1 is 1.44 bits per heavy atom. The van der Waals surface area contributed by atoms with Gasteiger partial charge in [0.05, 0.1) is 24.6 Å². The van der Waals surface area contributed by atoms with Gasteiger partial charge in [0.1, 0.15) is 11.5 Å². The van der Waals surface area contributed by atoms with Crippen LogP contribution in [0.4, 0.5) is 0 Å². The fourth-order valence-electron chi connectivity index (χ4n) is 1.75. The van der Waals surface area contributed by atoms with E-state index in [4.69, 9.17) is 14.6 Å². The van der Waals surface area contributed by atoms with Gasteiger partial charge in [-0.05, 0) is 40.9 Å². The fraction of sp³-hybridized carbons (Fsp3) is 0.462. The van der Waals surface area contributed by atoms with E-state index in [-0.39, 0.29) is 0 Å². The van der Waals surface area contributed by atoms with Crippen LogP contribution in [0.3, 0.4) is 0 Å². The van der Waals surface area contributed by atoms with E-state index in [2.05, 4.69) is 15.9 Å². The Morgan fingerprint density at radius 3 is 2.50 bits per heavy atom. The van der Waals surface area contributed by atoms with Crippen LogP contribution in [0.1, 0.15) is 18.1 Å². The van der Waals surface area contributed by atoms with Crippen molar-refractivity contribution in [2.45, 2.75) is 20.3 Å². The van der Waals surface area contributed by atoms with Crippen molar-refractivity contribution in [1.29, 1.82) is 0 Å². The number of halogens is 1. The highest BCUT2D eigenvalue weighted by Crippen LogP contribution is 2.38. The Bertz CT molecular complexity index is 457. The van der Waals surface area contributed by atoms with Crippen LogP contribution in [-0.2, 0) is 11.2 Å². The van der Waals surface area contributed by atoms with Crippen molar-refractivity contribution in [2.24, 2.45) is 5.92 Å². The number of methoxy groups -OCH3 is 2. The summed E-state index contributed by atoms with van der Waals surface area (Å²) in [7, 11) is 3.16. The lowest BCUT2D eigenvalue weighted by Crippen LogP contribution is -2.13. The van der Waals surface area contributed by atoms with Crippen LogP contribution >= 0.6 is 15.9 Å². The molecule has 0 saturated carbocycles. The van der Waals surface area contributed by atoms with Crippen LogP contribution in [0, 0.1) is 12.8 Å². The molecule has 1 rings (SSSR count). The summed E-state index contributed by atoms with van der Waals surface area (Å²) in [6, 6.07) is 1.83. The van der Waals surface area contributed by atoms with Gasteiger partial charge in [0.25, 0.3) is 0 Å². The molecule has 0 aliphatic rings. The second-order valence-corrected chi connectivity index (χ2v) is 4.95. The average Bonchev–Trinajstić information content (AvgIpc) is 2.33. The lowest BCUT2D eigenvalue weighted by Gasteiger charge is -2.17. The maximum absolute atomic E-state index is 10.9. The van der Waals surface area contributed by atoms with Gasteiger partial charge in [0.15, 0.2) is 0 Å². The molecule has 0 fully saturated rings. The number of aliphatic carboxylic acids is 1. The van der Waals surface area contributed by atoms with Crippen molar-refractivity contribution in [3.8, 4) is 11.5 Å². The summed E-state index contributed by atoms with van der Waals surface area (Å²) in [5, 5.41) is 8.97. The smallest absolute Gasteiger partial charge is 0.306 e. The molecule has 1 N–H and O–H groups in total. The minimum Gasteiger partial charge on any atom is -0.496 e. The summed E-state index contributed by atoms with van der Waals surface area (Å²) in [5.74, 6) is 0.0857. The van der Waals surface area contributed by atoms with Crippen LogP contribution in [0.2, 0.25) is 0 Å². The number of rotatable bonds is 5. The highest BCUT2D eigenvalue weighted by molar-refractivity contribution is 9.10. The zero-order valence-corrected chi connectivity index (χ0v) is 12.5. The molecule has 1 aromatic rings. The van der Waals surface area contributed by atoms with Crippen LogP contribution < -0.4 is 9.47 Å². The van der Waals surface area contributed by atoms with Gasteiger partial charge in [-0.15, -0.1) is 0 Å². The first-order valence-corrected chi connectivity index (χ1v) is 6.34. The molecule has 0 spiro atoms. The molecular weight excluding hydrogens is 300 g/mol. The molecule has 0 saturated heterocycles. The number of benzene rings is 1. The Morgan fingerprint density at radius 2 is 2.06 bits per heavy atom. The zero-order valence-electron chi connectivity index (χ0n) is 10.9. The van der Waals surface area contributed by atoms with Crippen molar-refractivity contribution in [1.82, 2.24) is 0 Å². The van der Waals surface area contributed by atoms with Crippen molar-refractivity contribution in [3.63, 3.8) is 0 Å². The highest BCUT2D eigenvalue weighted by Gasteiger charge is 2.19. The third-order valence-electron chi connectivity index (χ3n) is 2.87. The maximum Gasteiger partial charge on any atom is 0.306 e. The molecule has 0 aromatic heterocycles. The van der Waals surface area contributed by atoms with E-state index in [9.17, 15) is 4.79 Å². The van der Waals surface area contributed by atoms with E-state index >= 15 is 0 Å². The van der Waals surface area contributed by atoms with E-state index in [1.807, 2.05) is 13.0 Å². The predicted octanol–water partition coefficient (Wildman–Crippen LogP) is 3.04. The summed E-state index contributed by atoms with van der Waals surface area (Å²) in [4.78, 5) is 10.9. The molecule has 4 nitrogen and oxygen atoms in total. The third-order valence-corrected chi connectivity index (χ3v) is 3.82. The van der Waals surface area contributed by atoms with E-state index in [0.717, 1.165) is 21.3 Å². The molecule has 1 atom stereocenters. The molecular formula is C13H17BrO4. The van der Waals surface area contributed by atoms with Crippen molar-refractivity contribution >= 4 is 21.9 Å². The monoisotopic (exact) mass is 316 g/mol. The Labute approximate surface area is 115 Å². The highest BCUT2D eigenvalue weighted by atomic mass is 79.9. The lowest BCUT2D eigenvalue weighted by atomic mass is 9.99. The minimum atomic E-state index is -0.826. The molecule has 0 aliphatic carbocycles. The molecule has 5 heteroatoms. The van der Waals surface area contributed by atoms with Crippen molar-refractivity contribution in [2.75, 3.05) is 14.2 Å². The summed E-state index contributed by atoms with van der Waals surface area (Å²) in [5.41, 5.74) is 1.75. The normalized spacial score (nSPS) is 12.1. The quantitative estimate of drug-likeness (QED) is 0.907. The molecule has 0 amide bonds. The largest absolute Gasteiger partial charge is 0.496 e. The number of carboxylic acid groups (broad SMARTS) is 1. The first kappa shape index (κ1) is 14.8. The maximum atomic E-state index is 10.9. The van der Waals surface area contributed by atoms with Crippen LogP contribution in [-0.4, -0.2) is 25.3 Å². The number of carbonyl (C=O) groups is 1. The number of hydrogen-bond acceptors (Lipinski definition) is 3. The van der Waals surface area contributed by atoms with Crippen molar-refractivity contribution < 1.29 is 19.4 Å². The van der Waals surface area contributed by atoms with Gasteiger partial charge in [0.2, 0.25) is 0 Å². The van der Waals surface area contributed by atoms with Crippen LogP contribution in [0.25, 0.3) is 0 Å². The van der Waals surface area contributed by atoms with Crippen molar-refractivity contribution in [3.05, 3.63) is 21.7 Å². The molecule has 0 bridgehead atoms. The SMILES string of the molecule is COc1cc(CC(C)C(=O)O)c(OC)c(Br)c1C. The summed E-state index contributed by atoms with van der Waals surface area (Å²) in [6.07, 6.45) is 0.397. The minimum absolute atomic E-state index is 0.397. The number of hydrogen-bond donors (Lipinski definition) is 1. The molecule has 0 heterocycles. The van der Waals surface area contributed by atoms with E-state index < -0.39 is 11.9 Å². The zero-order chi connectivity index (χ0) is 13.9. The van der Waals surface area contributed by atoms with E-state index in [0.29, 0.717) is 12.2 Å². The molecule has 18 heavy (non-hydrogen) atoms. The molecule has 0 radical (unpaired) electrons. The molecule has 0 aliphatic heterocycles. The molecule has 100 valence electrons. The third kappa shape index (κ3) is 2.96. The number of carboxylic acids is 1. The predicted molar refractivity (Wildman–Crippen MR) is 72.5 cm³/mol.